The number of aliphatic hydroxyl groups excluding tert-OH is 1. The molecule has 0 bridgehead atoms. The van der Waals surface area contributed by atoms with Crippen molar-refractivity contribution in [2.75, 3.05) is 13.2 Å². The van der Waals surface area contributed by atoms with E-state index in [2.05, 4.69) is 10.3 Å². The highest BCUT2D eigenvalue weighted by molar-refractivity contribution is 5.86. The molecule has 0 spiro atoms. The Kier molecular flexibility index (Phi) is 6.90. The first-order valence-corrected chi connectivity index (χ1v) is 10.3. The van der Waals surface area contributed by atoms with Crippen LogP contribution in [0.2, 0.25) is 0 Å². The number of halogens is 1. The number of ether oxygens (including phenoxy) is 1. The average Bonchev–Trinajstić information content (AvgIpc) is 3.22. The van der Waals surface area contributed by atoms with Crippen molar-refractivity contribution in [3.8, 4) is 11.1 Å². The van der Waals surface area contributed by atoms with E-state index in [4.69, 9.17) is 4.74 Å². The zero-order chi connectivity index (χ0) is 22.6. The molecule has 2 N–H and O–H groups in total. The van der Waals surface area contributed by atoms with E-state index < -0.39 is 29.6 Å². The van der Waals surface area contributed by atoms with E-state index in [1.807, 2.05) is 0 Å². The summed E-state index contributed by atoms with van der Waals surface area (Å²) in [5.41, 5.74) is 1.12. The Bertz CT molecular complexity index is 927. The maximum Gasteiger partial charge on any atom is 0.410 e. The molecule has 2 atom stereocenters. The van der Waals surface area contributed by atoms with E-state index in [0.29, 0.717) is 36.1 Å². The van der Waals surface area contributed by atoms with Gasteiger partial charge in [0.25, 0.3) is 0 Å². The Hall–Kier alpha value is -3.00. The summed E-state index contributed by atoms with van der Waals surface area (Å²) in [6.45, 7) is 5.47. The second kappa shape index (κ2) is 9.43. The van der Waals surface area contributed by atoms with Gasteiger partial charge in [0.15, 0.2) is 0 Å². The Balaban J connectivity index is 1.69. The summed E-state index contributed by atoms with van der Waals surface area (Å²) in [4.78, 5) is 30.5. The molecule has 0 saturated carbocycles. The summed E-state index contributed by atoms with van der Waals surface area (Å²) in [6.07, 6.45) is 3.38. The minimum absolute atomic E-state index is 0.312. The van der Waals surface area contributed by atoms with Crippen molar-refractivity contribution in [1.29, 1.82) is 0 Å². The topological polar surface area (TPSA) is 91.8 Å². The summed E-state index contributed by atoms with van der Waals surface area (Å²) in [7, 11) is 0. The first-order chi connectivity index (χ1) is 14.7. The van der Waals surface area contributed by atoms with Gasteiger partial charge in [-0.25, -0.2) is 9.18 Å². The lowest BCUT2D eigenvalue weighted by Crippen LogP contribution is -2.48. The standard InChI is InChI=1S/C23H28FN3O4/c1-23(2,3)31-22(30)27-12-4-5-20(27)21(29)26-19(14-28)16-8-6-15(7-9-16)17-10-11-25-13-18(17)24/h6-11,13,19-20,28H,4-5,12,14H2,1-3H3,(H,26,29). The maximum atomic E-state index is 13.9. The van der Waals surface area contributed by atoms with Crippen LogP contribution in [0, 0.1) is 5.82 Å². The highest BCUT2D eigenvalue weighted by atomic mass is 19.1. The second-order valence-electron chi connectivity index (χ2n) is 8.55. The largest absolute Gasteiger partial charge is 0.444 e. The Morgan fingerprint density at radius 1 is 1.29 bits per heavy atom. The number of aliphatic hydroxyl groups is 1. The van der Waals surface area contributed by atoms with Crippen LogP contribution in [0.1, 0.15) is 45.2 Å². The molecule has 166 valence electrons. The van der Waals surface area contributed by atoms with Crippen LogP contribution >= 0.6 is 0 Å². The molecule has 7 nitrogen and oxygen atoms in total. The third kappa shape index (κ3) is 5.58. The van der Waals surface area contributed by atoms with Gasteiger partial charge in [-0.3, -0.25) is 14.7 Å². The van der Waals surface area contributed by atoms with Crippen molar-refractivity contribution < 1.29 is 23.8 Å². The van der Waals surface area contributed by atoms with Gasteiger partial charge in [-0.2, -0.15) is 0 Å². The van der Waals surface area contributed by atoms with E-state index in [-0.39, 0.29) is 12.5 Å². The highest BCUT2D eigenvalue weighted by Crippen LogP contribution is 2.25. The molecule has 2 heterocycles. The van der Waals surface area contributed by atoms with Crippen LogP contribution in [0.15, 0.2) is 42.7 Å². The molecular formula is C23H28FN3O4. The number of rotatable bonds is 5. The lowest BCUT2D eigenvalue weighted by Gasteiger charge is -2.29. The van der Waals surface area contributed by atoms with Gasteiger partial charge in [0, 0.05) is 18.3 Å². The van der Waals surface area contributed by atoms with E-state index >= 15 is 0 Å². The van der Waals surface area contributed by atoms with Crippen LogP contribution in [0.4, 0.5) is 9.18 Å². The smallest absolute Gasteiger partial charge is 0.410 e. The third-order valence-corrected chi connectivity index (χ3v) is 5.08. The van der Waals surface area contributed by atoms with Crippen molar-refractivity contribution in [2.24, 2.45) is 0 Å². The van der Waals surface area contributed by atoms with E-state index in [9.17, 15) is 19.1 Å². The van der Waals surface area contributed by atoms with Gasteiger partial charge in [0.1, 0.15) is 17.5 Å². The van der Waals surface area contributed by atoms with Gasteiger partial charge in [-0.05, 0) is 50.8 Å². The first-order valence-electron chi connectivity index (χ1n) is 10.3. The van der Waals surface area contributed by atoms with Gasteiger partial charge in [0.05, 0.1) is 18.8 Å². The van der Waals surface area contributed by atoms with Crippen LogP contribution in [0.5, 0.6) is 0 Å². The number of amides is 2. The number of likely N-dealkylation sites (tertiary alicyclic amines) is 1. The van der Waals surface area contributed by atoms with Crippen molar-refractivity contribution in [1.82, 2.24) is 15.2 Å². The van der Waals surface area contributed by atoms with E-state index in [1.165, 1.54) is 11.1 Å². The number of nitrogens with zero attached hydrogens (tertiary/aromatic N) is 2. The molecule has 0 aliphatic carbocycles. The quantitative estimate of drug-likeness (QED) is 0.760. The fraction of sp³-hybridized carbons (Fsp3) is 0.435. The Labute approximate surface area is 181 Å². The number of carbonyl (C=O) groups is 2. The van der Waals surface area contributed by atoms with Gasteiger partial charge >= 0.3 is 6.09 Å². The van der Waals surface area contributed by atoms with Gasteiger partial charge < -0.3 is 15.2 Å². The lowest BCUT2D eigenvalue weighted by molar-refractivity contribution is -0.126. The third-order valence-electron chi connectivity index (χ3n) is 5.08. The molecule has 1 aromatic carbocycles. The number of nitrogens with one attached hydrogen (secondary N) is 1. The molecule has 1 aliphatic rings. The zero-order valence-corrected chi connectivity index (χ0v) is 18.0. The molecule has 0 radical (unpaired) electrons. The van der Waals surface area contributed by atoms with Gasteiger partial charge in [-0.1, -0.05) is 24.3 Å². The number of hydrogen-bond acceptors (Lipinski definition) is 5. The normalized spacial score (nSPS) is 17.3. The number of pyridine rings is 1. The minimum atomic E-state index is -0.648. The predicted molar refractivity (Wildman–Crippen MR) is 114 cm³/mol. The summed E-state index contributed by atoms with van der Waals surface area (Å²) in [5.74, 6) is -0.766. The summed E-state index contributed by atoms with van der Waals surface area (Å²) < 4.78 is 19.4. The number of aromatic nitrogens is 1. The van der Waals surface area contributed by atoms with Crippen molar-refractivity contribution >= 4 is 12.0 Å². The van der Waals surface area contributed by atoms with Gasteiger partial charge in [0.2, 0.25) is 5.91 Å². The molecular weight excluding hydrogens is 401 g/mol. The maximum absolute atomic E-state index is 13.9. The second-order valence-corrected chi connectivity index (χ2v) is 8.55. The van der Waals surface area contributed by atoms with Crippen LogP contribution in [-0.4, -0.2) is 51.8 Å². The van der Waals surface area contributed by atoms with Crippen LogP contribution in [-0.2, 0) is 9.53 Å². The number of hydrogen-bond donors (Lipinski definition) is 2. The molecule has 1 fully saturated rings. The monoisotopic (exact) mass is 429 g/mol. The Morgan fingerprint density at radius 3 is 2.61 bits per heavy atom. The molecule has 3 rings (SSSR count). The van der Waals surface area contributed by atoms with E-state index in [1.54, 1.807) is 51.1 Å². The van der Waals surface area contributed by atoms with Crippen LogP contribution in [0.25, 0.3) is 11.1 Å². The minimum Gasteiger partial charge on any atom is -0.444 e. The Morgan fingerprint density at radius 2 is 2.00 bits per heavy atom. The lowest BCUT2D eigenvalue weighted by atomic mass is 10.0. The molecule has 1 aliphatic heterocycles. The summed E-state index contributed by atoms with van der Waals surface area (Å²) in [6, 6.07) is 7.21. The molecule has 8 heteroatoms. The highest BCUT2D eigenvalue weighted by Gasteiger charge is 2.37. The van der Waals surface area contributed by atoms with E-state index in [0.717, 1.165) is 6.20 Å². The molecule has 1 saturated heterocycles. The number of benzene rings is 1. The first kappa shape index (κ1) is 22.7. The van der Waals surface area contributed by atoms with Crippen LogP contribution in [0.3, 0.4) is 0 Å². The number of carbonyl (C=O) groups excluding carboxylic acids is 2. The average molecular weight is 429 g/mol. The predicted octanol–water partition coefficient (Wildman–Crippen LogP) is 3.44. The van der Waals surface area contributed by atoms with Crippen LogP contribution < -0.4 is 5.32 Å². The molecule has 2 unspecified atom stereocenters. The molecule has 2 aromatic rings. The fourth-order valence-electron chi connectivity index (χ4n) is 3.58. The van der Waals surface area contributed by atoms with Crippen molar-refractivity contribution in [3.63, 3.8) is 0 Å². The molecule has 1 aromatic heterocycles. The zero-order valence-electron chi connectivity index (χ0n) is 18.0. The van der Waals surface area contributed by atoms with Gasteiger partial charge in [-0.15, -0.1) is 0 Å². The molecule has 31 heavy (non-hydrogen) atoms. The SMILES string of the molecule is CC(C)(C)OC(=O)N1CCCC1C(=O)NC(CO)c1ccc(-c2ccncc2F)cc1. The summed E-state index contributed by atoms with van der Waals surface area (Å²) in [5, 5.41) is 12.7. The molecule has 2 amide bonds. The summed E-state index contributed by atoms with van der Waals surface area (Å²) >= 11 is 0. The van der Waals surface area contributed by atoms with Crippen molar-refractivity contribution in [2.45, 2.75) is 51.3 Å². The van der Waals surface area contributed by atoms with Crippen molar-refractivity contribution in [3.05, 3.63) is 54.1 Å². The fourth-order valence-corrected chi connectivity index (χ4v) is 3.58.